The molecule has 0 aromatic rings. The molecule has 0 aliphatic heterocycles. The number of nitrogens with one attached hydrogen (secondary N) is 1. The van der Waals surface area contributed by atoms with Gasteiger partial charge in [-0.1, -0.05) is 0 Å². The summed E-state index contributed by atoms with van der Waals surface area (Å²) in [6.07, 6.45) is -0.588. The highest BCUT2D eigenvalue weighted by Crippen LogP contribution is 1.91. The van der Waals surface area contributed by atoms with Crippen LogP contribution in [0.3, 0.4) is 0 Å². The van der Waals surface area contributed by atoms with Crippen LogP contribution >= 0.6 is 0 Å². The van der Waals surface area contributed by atoms with E-state index in [1.807, 2.05) is 6.07 Å². The average Bonchev–Trinajstić information content (AvgIpc) is 1.99. The van der Waals surface area contributed by atoms with E-state index in [9.17, 15) is 4.79 Å². The van der Waals surface area contributed by atoms with Crippen LogP contribution < -0.4 is 5.32 Å². The molecule has 0 spiro atoms. The molecule has 0 aliphatic rings. The van der Waals surface area contributed by atoms with Crippen LogP contribution in [0, 0.1) is 17.2 Å². The minimum Gasteiger partial charge on any atom is -0.447 e. The summed E-state index contributed by atoms with van der Waals surface area (Å²) in [6.45, 7) is 5.61. The molecule has 0 aliphatic carbocycles. The van der Waals surface area contributed by atoms with Crippen LogP contribution in [0.25, 0.3) is 0 Å². The maximum absolute atomic E-state index is 10.8. The molecule has 1 atom stereocenters. The number of amides is 1. The van der Waals surface area contributed by atoms with Crippen molar-refractivity contribution in [1.82, 2.24) is 5.32 Å². The van der Waals surface area contributed by atoms with Crippen molar-refractivity contribution in [3.63, 3.8) is 0 Å². The van der Waals surface area contributed by atoms with Crippen LogP contribution in [0.2, 0.25) is 0 Å². The van der Waals surface area contributed by atoms with Crippen LogP contribution in [0.5, 0.6) is 0 Å². The van der Waals surface area contributed by atoms with Gasteiger partial charge in [-0.25, -0.2) is 4.79 Å². The molecule has 0 saturated heterocycles. The Morgan fingerprint density at radius 2 is 2.17 bits per heavy atom. The Bertz CT molecular complexity index is 184. The van der Waals surface area contributed by atoms with Gasteiger partial charge < -0.3 is 10.1 Å². The standard InChI is InChI=1S/C8H14N2O2/c1-6(2)12-8(11)10-5-7(3)4-9/h6-7H,5H2,1-3H3,(H,10,11). The zero-order chi connectivity index (χ0) is 9.56. The van der Waals surface area contributed by atoms with Gasteiger partial charge in [0.05, 0.1) is 18.1 Å². The van der Waals surface area contributed by atoms with Crippen molar-refractivity contribution in [1.29, 1.82) is 5.26 Å². The smallest absolute Gasteiger partial charge is 0.407 e. The van der Waals surface area contributed by atoms with Crippen molar-refractivity contribution in [2.24, 2.45) is 5.92 Å². The first kappa shape index (κ1) is 10.8. The molecule has 0 heterocycles. The van der Waals surface area contributed by atoms with Gasteiger partial charge in [-0.05, 0) is 20.8 Å². The molecule has 0 fully saturated rings. The molecule has 4 heteroatoms. The van der Waals surface area contributed by atoms with E-state index in [-0.39, 0.29) is 12.0 Å². The third-order valence-electron chi connectivity index (χ3n) is 1.12. The summed E-state index contributed by atoms with van der Waals surface area (Å²) in [4.78, 5) is 10.8. The van der Waals surface area contributed by atoms with Crippen molar-refractivity contribution in [3.8, 4) is 6.07 Å². The van der Waals surface area contributed by atoms with Gasteiger partial charge in [0.25, 0.3) is 0 Å². The normalized spacial score (nSPS) is 11.9. The van der Waals surface area contributed by atoms with E-state index in [0.29, 0.717) is 6.54 Å². The molecule has 1 unspecified atom stereocenters. The lowest BCUT2D eigenvalue weighted by molar-refractivity contribution is 0.115. The van der Waals surface area contributed by atoms with E-state index in [1.165, 1.54) is 0 Å². The Morgan fingerprint density at radius 3 is 2.58 bits per heavy atom. The lowest BCUT2D eigenvalue weighted by Gasteiger charge is -2.09. The number of hydrogen-bond acceptors (Lipinski definition) is 3. The van der Waals surface area contributed by atoms with E-state index < -0.39 is 6.09 Å². The van der Waals surface area contributed by atoms with Gasteiger partial charge in [-0.3, -0.25) is 0 Å². The first-order chi connectivity index (χ1) is 5.56. The van der Waals surface area contributed by atoms with Crippen molar-refractivity contribution in [2.75, 3.05) is 6.54 Å². The van der Waals surface area contributed by atoms with Crippen LogP contribution in [-0.2, 0) is 4.74 Å². The number of carbonyl (C=O) groups is 1. The molecule has 1 amide bonds. The number of alkyl carbamates (subject to hydrolysis) is 1. The van der Waals surface area contributed by atoms with Crippen molar-refractivity contribution < 1.29 is 9.53 Å². The molecule has 0 bridgehead atoms. The van der Waals surface area contributed by atoms with E-state index in [2.05, 4.69) is 5.32 Å². The summed E-state index contributed by atoms with van der Waals surface area (Å²) < 4.78 is 4.79. The molecule has 0 aromatic heterocycles. The molecule has 12 heavy (non-hydrogen) atoms. The SMILES string of the molecule is CC(C#N)CNC(=O)OC(C)C. The van der Waals surface area contributed by atoms with Gasteiger partial charge in [-0.2, -0.15) is 5.26 Å². The predicted octanol–water partition coefficient (Wildman–Crippen LogP) is 1.28. The molecular weight excluding hydrogens is 156 g/mol. The molecular formula is C8H14N2O2. The average molecular weight is 170 g/mol. The topological polar surface area (TPSA) is 62.1 Å². The zero-order valence-corrected chi connectivity index (χ0v) is 7.63. The van der Waals surface area contributed by atoms with Crippen molar-refractivity contribution in [2.45, 2.75) is 26.9 Å². The molecule has 0 radical (unpaired) electrons. The Morgan fingerprint density at radius 1 is 1.58 bits per heavy atom. The number of nitriles is 1. The fraction of sp³-hybridized carbons (Fsp3) is 0.750. The molecule has 4 nitrogen and oxygen atoms in total. The number of rotatable bonds is 3. The molecule has 68 valence electrons. The lowest BCUT2D eigenvalue weighted by Crippen LogP contribution is -2.30. The first-order valence-corrected chi connectivity index (χ1v) is 3.90. The number of carbonyl (C=O) groups excluding carboxylic acids is 1. The number of hydrogen-bond donors (Lipinski definition) is 1. The maximum atomic E-state index is 10.8. The fourth-order valence-corrected chi connectivity index (χ4v) is 0.538. The number of nitrogens with zero attached hydrogens (tertiary/aromatic N) is 1. The van der Waals surface area contributed by atoms with Crippen LogP contribution in [-0.4, -0.2) is 18.7 Å². The predicted molar refractivity (Wildman–Crippen MR) is 44.4 cm³/mol. The minimum atomic E-state index is -0.466. The highest BCUT2D eigenvalue weighted by atomic mass is 16.6. The Balaban J connectivity index is 3.52. The molecule has 0 saturated carbocycles. The number of ether oxygens (including phenoxy) is 1. The van der Waals surface area contributed by atoms with E-state index in [0.717, 1.165) is 0 Å². The van der Waals surface area contributed by atoms with Crippen LogP contribution in [0.4, 0.5) is 4.79 Å². The largest absolute Gasteiger partial charge is 0.447 e. The summed E-state index contributed by atoms with van der Waals surface area (Å²) >= 11 is 0. The maximum Gasteiger partial charge on any atom is 0.407 e. The van der Waals surface area contributed by atoms with Gasteiger partial charge in [-0.15, -0.1) is 0 Å². The van der Waals surface area contributed by atoms with Gasteiger partial charge in [0.2, 0.25) is 0 Å². The first-order valence-electron chi connectivity index (χ1n) is 3.90. The molecule has 0 aromatic carbocycles. The van der Waals surface area contributed by atoms with E-state index >= 15 is 0 Å². The lowest BCUT2D eigenvalue weighted by atomic mass is 10.2. The quantitative estimate of drug-likeness (QED) is 0.694. The van der Waals surface area contributed by atoms with Gasteiger partial charge >= 0.3 is 6.09 Å². The molecule has 1 N–H and O–H groups in total. The van der Waals surface area contributed by atoms with Gasteiger partial charge in [0.15, 0.2) is 0 Å². The van der Waals surface area contributed by atoms with Crippen molar-refractivity contribution >= 4 is 6.09 Å². The van der Waals surface area contributed by atoms with Crippen molar-refractivity contribution in [3.05, 3.63) is 0 Å². The Hall–Kier alpha value is -1.24. The summed E-state index contributed by atoms with van der Waals surface area (Å²) in [5.74, 6) is -0.176. The fourth-order valence-electron chi connectivity index (χ4n) is 0.538. The second-order valence-corrected chi connectivity index (χ2v) is 2.87. The Kier molecular flexibility index (Phi) is 4.86. The van der Waals surface area contributed by atoms with Crippen LogP contribution in [0.1, 0.15) is 20.8 Å². The second kappa shape index (κ2) is 5.42. The third kappa shape index (κ3) is 5.54. The summed E-state index contributed by atoms with van der Waals surface area (Å²) in [5.41, 5.74) is 0. The monoisotopic (exact) mass is 170 g/mol. The van der Waals surface area contributed by atoms with Crippen LogP contribution in [0.15, 0.2) is 0 Å². The van der Waals surface area contributed by atoms with Gasteiger partial charge in [0.1, 0.15) is 0 Å². The summed E-state index contributed by atoms with van der Waals surface area (Å²) in [7, 11) is 0. The zero-order valence-electron chi connectivity index (χ0n) is 7.63. The minimum absolute atomic E-state index is 0.123. The summed E-state index contributed by atoms with van der Waals surface area (Å²) in [6, 6.07) is 2.00. The molecule has 0 rings (SSSR count). The van der Waals surface area contributed by atoms with E-state index in [1.54, 1.807) is 20.8 Å². The second-order valence-electron chi connectivity index (χ2n) is 2.87. The van der Waals surface area contributed by atoms with Gasteiger partial charge in [0, 0.05) is 6.54 Å². The highest BCUT2D eigenvalue weighted by molar-refractivity contribution is 5.67. The highest BCUT2D eigenvalue weighted by Gasteiger charge is 2.05. The third-order valence-corrected chi connectivity index (χ3v) is 1.12. The summed E-state index contributed by atoms with van der Waals surface area (Å²) in [5, 5.41) is 10.9. The van der Waals surface area contributed by atoms with E-state index in [4.69, 9.17) is 10.00 Å². The Labute approximate surface area is 72.5 Å².